The molecule has 2 atom stereocenters. The largest absolute Gasteiger partial charge is 0.389 e. The lowest BCUT2D eigenvalue weighted by Crippen LogP contribution is -2.32. The Bertz CT molecular complexity index is 323. The first-order valence-corrected chi connectivity index (χ1v) is 7.70. The van der Waals surface area contributed by atoms with Crippen molar-refractivity contribution in [2.75, 3.05) is 13.2 Å². The molecule has 1 heterocycles. The molecule has 4 heteroatoms. The molecule has 1 saturated carbocycles. The van der Waals surface area contributed by atoms with Gasteiger partial charge in [0.2, 0.25) is 0 Å². The molecule has 1 aromatic rings. The van der Waals surface area contributed by atoms with E-state index in [0.717, 1.165) is 12.8 Å². The molecule has 0 saturated heterocycles. The summed E-state index contributed by atoms with van der Waals surface area (Å²) in [5, 5.41) is 15.3. The first-order chi connectivity index (χ1) is 8.75. The van der Waals surface area contributed by atoms with Crippen LogP contribution in [0.25, 0.3) is 0 Å². The number of ether oxygens (including phenoxy) is 1. The highest BCUT2D eigenvalue weighted by Crippen LogP contribution is 2.21. The average molecular weight is 269 g/mol. The minimum Gasteiger partial charge on any atom is -0.389 e. The second kappa shape index (κ2) is 7.24. The van der Waals surface area contributed by atoms with Gasteiger partial charge in [-0.2, -0.15) is 0 Å². The summed E-state index contributed by atoms with van der Waals surface area (Å²) in [6.07, 6.45) is 4.84. The molecule has 0 aromatic carbocycles. The van der Waals surface area contributed by atoms with Crippen LogP contribution < -0.4 is 5.32 Å². The van der Waals surface area contributed by atoms with Gasteiger partial charge in [-0.05, 0) is 31.2 Å². The number of aliphatic hydroxyl groups excluding tert-OH is 1. The Balaban J connectivity index is 1.60. The molecule has 18 heavy (non-hydrogen) atoms. The molecule has 1 aromatic heterocycles. The highest BCUT2D eigenvalue weighted by atomic mass is 32.1. The Morgan fingerprint density at radius 1 is 1.50 bits per heavy atom. The van der Waals surface area contributed by atoms with Crippen molar-refractivity contribution < 1.29 is 9.84 Å². The molecule has 0 spiro atoms. The minimum absolute atomic E-state index is 0.297. The second-order valence-electron chi connectivity index (χ2n) is 5.04. The number of hydrogen-bond acceptors (Lipinski definition) is 4. The van der Waals surface area contributed by atoms with Gasteiger partial charge < -0.3 is 15.2 Å². The summed E-state index contributed by atoms with van der Waals surface area (Å²) in [6, 6.07) is 4.47. The monoisotopic (exact) mass is 269 g/mol. The summed E-state index contributed by atoms with van der Waals surface area (Å²) < 4.78 is 5.70. The number of hydrogen-bond donors (Lipinski definition) is 2. The molecule has 1 fully saturated rings. The predicted molar refractivity (Wildman–Crippen MR) is 75.0 cm³/mol. The van der Waals surface area contributed by atoms with Crippen LogP contribution in [-0.2, 0) is 4.74 Å². The van der Waals surface area contributed by atoms with Crippen LogP contribution in [0.1, 0.15) is 43.5 Å². The van der Waals surface area contributed by atoms with E-state index < -0.39 is 6.10 Å². The number of rotatable bonds is 7. The summed E-state index contributed by atoms with van der Waals surface area (Å²) >= 11 is 1.74. The summed E-state index contributed by atoms with van der Waals surface area (Å²) in [6.45, 7) is 3.16. The lowest BCUT2D eigenvalue weighted by Gasteiger charge is -2.18. The van der Waals surface area contributed by atoms with Crippen LogP contribution in [0.15, 0.2) is 17.5 Å². The minimum atomic E-state index is -0.409. The lowest BCUT2D eigenvalue weighted by atomic mass is 10.2. The average Bonchev–Trinajstić information content (AvgIpc) is 3.05. The Kier molecular flexibility index (Phi) is 5.63. The van der Waals surface area contributed by atoms with E-state index in [9.17, 15) is 5.11 Å². The molecule has 1 unspecified atom stereocenters. The van der Waals surface area contributed by atoms with Gasteiger partial charge in [-0.15, -0.1) is 11.3 Å². The van der Waals surface area contributed by atoms with Gasteiger partial charge in [-0.1, -0.05) is 18.9 Å². The summed E-state index contributed by atoms with van der Waals surface area (Å²) in [5.41, 5.74) is 0. The van der Waals surface area contributed by atoms with Crippen molar-refractivity contribution in [2.24, 2.45) is 0 Å². The molecule has 2 N–H and O–H groups in total. The molecule has 1 aliphatic rings. The Hall–Kier alpha value is -0.420. The van der Waals surface area contributed by atoms with Crippen LogP contribution in [0, 0.1) is 0 Å². The molecule has 1 aliphatic carbocycles. The van der Waals surface area contributed by atoms with Crippen LogP contribution >= 0.6 is 11.3 Å². The molecule has 102 valence electrons. The van der Waals surface area contributed by atoms with E-state index in [2.05, 4.69) is 29.8 Å². The summed E-state index contributed by atoms with van der Waals surface area (Å²) in [5.74, 6) is 0. The molecular formula is C14H23NO2S. The Labute approximate surface area is 113 Å². The fraction of sp³-hybridized carbons (Fsp3) is 0.714. The molecule has 0 aliphatic heterocycles. The van der Waals surface area contributed by atoms with Crippen molar-refractivity contribution in [3.63, 3.8) is 0 Å². The quantitative estimate of drug-likeness (QED) is 0.799. The van der Waals surface area contributed by atoms with Crippen LogP contribution in [0.5, 0.6) is 0 Å². The van der Waals surface area contributed by atoms with Crippen LogP contribution in [-0.4, -0.2) is 30.5 Å². The maximum absolute atomic E-state index is 9.87. The summed E-state index contributed by atoms with van der Waals surface area (Å²) in [7, 11) is 0. The standard InChI is InChI=1S/C14H23NO2S/c1-11(14-7-4-8-18-14)15-9-12(16)10-17-13-5-2-3-6-13/h4,7-8,11-13,15-16H,2-3,5-6,9-10H2,1H3/t11-,12?/m1/s1. The highest BCUT2D eigenvalue weighted by Gasteiger charge is 2.17. The third-order valence-electron chi connectivity index (χ3n) is 3.46. The van der Waals surface area contributed by atoms with Crippen molar-refractivity contribution in [2.45, 2.75) is 50.9 Å². The van der Waals surface area contributed by atoms with Gasteiger partial charge >= 0.3 is 0 Å². The van der Waals surface area contributed by atoms with E-state index >= 15 is 0 Å². The predicted octanol–water partition coefficient (Wildman–Crippen LogP) is 2.72. The number of aliphatic hydroxyl groups is 1. The zero-order valence-electron chi connectivity index (χ0n) is 11.0. The molecule has 0 radical (unpaired) electrons. The van der Waals surface area contributed by atoms with Gasteiger partial charge in [0, 0.05) is 17.5 Å². The van der Waals surface area contributed by atoms with Crippen molar-refractivity contribution in [1.29, 1.82) is 0 Å². The third-order valence-corrected chi connectivity index (χ3v) is 4.51. The molecule has 0 amide bonds. The lowest BCUT2D eigenvalue weighted by molar-refractivity contribution is -0.00607. The van der Waals surface area contributed by atoms with E-state index in [-0.39, 0.29) is 0 Å². The van der Waals surface area contributed by atoms with Crippen molar-refractivity contribution >= 4 is 11.3 Å². The van der Waals surface area contributed by atoms with E-state index in [1.54, 1.807) is 11.3 Å². The Morgan fingerprint density at radius 3 is 2.94 bits per heavy atom. The zero-order valence-corrected chi connectivity index (χ0v) is 11.8. The van der Waals surface area contributed by atoms with Gasteiger partial charge in [0.05, 0.1) is 18.8 Å². The fourth-order valence-electron chi connectivity index (χ4n) is 2.31. The molecule has 2 rings (SSSR count). The van der Waals surface area contributed by atoms with E-state index in [4.69, 9.17) is 4.74 Å². The van der Waals surface area contributed by atoms with Gasteiger partial charge in [0.25, 0.3) is 0 Å². The van der Waals surface area contributed by atoms with Gasteiger partial charge in [-0.25, -0.2) is 0 Å². The van der Waals surface area contributed by atoms with Crippen molar-refractivity contribution in [3.05, 3.63) is 22.4 Å². The highest BCUT2D eigenvalue weighted by molar-refractivity contribution is 7.10. The molecule has 3 nitrogen and oxygen atoms in total. The van der Waals surface area contributed by atoms with Gasteiger partial charge in [0.1, 0.15) is 0 Å². The topological polar surface area (TPSA) is 41.5 Å². The van der Waals surface area contributed by atoms with Crippen molar-refractivity contribution in [1.82, 2.24) is 5.32 Å². The maximum Gasteiger partial charge on any atom is 0.0898 e. The van der Waals surface area contributed by atoms with E-state index in [1.165, 1.54) is 17.7 Å². The first kappa shape index (κ1) is 14.0. The van der Waals surface area contributed by atoms with Crippen molar-refractivity contribution in [3.8, 4) is 0 Å². The summed E-state index contributed by atoms with van der Waals surface area (Å²) in [4.78, 5) is 1.30. The van der Waals surface area contributed by atoms with Crippen LogP contribution in [0.2, 0.25) is 0 Å². The molecule has 0 bridgehead atoms. The molecular weight excluding hydrogens is 246 g/mol. The fourth-order valence-corrected chi connectivity index (χ4v) is 3.07. The van der Waals surface area contributed by atoms with Crippen LogP contribution in [0.4, 0.5) is 0 Å². The first-order valence-electron chi connectivity index (χ1n) is 6.82. The van der Waals surface area contributed by atoms with Gasteiger partial charge in [0.15, 0.2) is 0 Å². The zero-order chi connectivity index (χ0) is 12.8. The third kappa shape index (κ3) is 4.35. The van der Waals surface area contributed by atoms with Gasteiger partial charge in [-0.3, -0.25) is 0 Å². The maximum atomic E-state index is 9.87. The SMILES string of the molecule is C[C@@H](NCC(O)COC1CCCC1)c1cccs1. The van der Waals surface area contributed by atoms with Crippen LogP contribution in [0.3, 0.4) is 0 Å². The normalized spacial score (nSPS) is 20.1. The van der Waals surface area contributed by atoms with E-state index in [1.807, 2.05) is 0 Å². The Morgan fingerprint density at radius 2 is 2.28 bits per heavy atom. The number of thiophene rings is 1. The van der Waals surface area contributed by atoms with E-state index in [0.29, 0.717) is 25.3 Å². The number of nitrogens with one attached hydrogen (secondary N) is 1. The smallest absolute Gasteiger partial charge is 0.0898 e. The second-order valence-corrected chi connectivity index (χ2v) is 6.02.